The standard InChI is InChI=1S/C5H9NO/c1-2-5(6)3-4-7/h3,5H,2,6H2,1H3. The van der Waals surface area contributed by atoms with Crippen LogP contribution in [0.2, 0.25) is 0 Å². The summed E-state index contributed by atoms with van der Waals surface area (Å²) < 4.78 is 0. The molecule has 7 heavy (non-hydrogen) atoms. The molecule has 1 unspecified atom stereocenters. The Bertz CT molecular complexity index is 84.1. The van der Waals surface area contributed by atoms with Gasteiger partial charge in [0.2, 0.25) is 0 Å². The van der Waals surface area contributed by atoms with Gasteiger partial charge in [0.1, 0.15) is 5.94 Å². The van der Waals surface area contributed by atoms with Crippen molar-refractivity contribution in [3.05, 3.63) is 6.08 Å². The van der Waals surface area contributed by atoms with Crippen LogP contribution in [0.1, 0.15) is 13.3 Å². The second-order valence-electron chi connectivity index (χ2n) is 1.36. The highest BCUT2D eigenvalue weighted by Gasteiger charge is 1.87. The van der Waals surface area contributed by atoms with E-state index in [9.17, 15) is 4.79 Å². The molecule has 0 aromatic rings. The van der Waals surface area contributed by atoms with Crippen LogP contribution in [0, 0.1) is 0 Å². The summed E-state index contributed by atoms with van der Waals surface area (Å²) in [6.45, 7) is 1.92. The van der Waals surface area contributed by atoms with E-state index < -0.39 is 0 Å². The average molecular weight is 99.1 g/mol. The van der Waals surface area contributed by atoms with Crippen LogP contribution in [0.4, 0.5) is 0 Å². The molecular formula is C5H9NO. The summed E-state index contributed by atoms with van der Waals surface area (Å²) in [6.07, 6.45) is 2.12. The Hall–Kier alpha value is -0.590. The Morgan fingerprint density at radius 3 is 2.71 bits per heavy atom. The van der Waals surface area contributed by atoms with Crippen LogP contribution in [-0.2, 0) is 4.79 Å². The van der Waals surface area contributed by atoms with Gasteiger partial charge in [0.05, 0.1) is 0 Å². The van der Waals surface area contributed by atoms with Gasteiger partial charge in [-0.05, 0) is 6.42 Å². The Labute approximate surface area is 43.0 Å². The summed E-state index contributed by atoms with van der Waals surface area (Å²) >= 11 is 0. The molecule has 0 heterocycles. The minimum atomic E-state index is -0.0995. The summed E-state index contributed by atoms with van der Waals surface area (Å²) in [4.78, 5) is 9.51. The minimum absolute atomic E-state index is 0.0995. The van der Waals surface area contributed by atoms with Crippen LogP contribution in [-0.4, -0.2) is 12.0 Å². The van der Waals surface area contributed by atoms with Crippen molar-refractivity contribution in [1.82, 2.24) is 0 Å². The van der Waals surface area contributed by atoms with Crippen molar-refractivity contribution in [2.24, 2.45) is 5.73 Å². The molecule has 2 nitrogen and oxygen atoms in total. The second kappa shape index (κ2) is 3.59. The van der Waals surface area contributed by atoms with Gasteiger partial charge in [0.25, 0.3) is 0 Å². The van der Waals surface area contributed by atoms with Crippen molar-refractivity contribution >= 4 is 5.94 Å². The molecule has 0 radical (unpaired) electrons. The maximum atomic E-state index is 9.51. The molecule has 0 aliphatic rings. The van der Waals surface area contributed by atoms with Gasteiger partial charge < -0.3 is 5.73 Å². The summed E-state index contributed by atoms with van der Waals surface area (Å²) in [5.74, 6) is 1.62. The summed E-state index contributed by atoms with van der Waals surface area (Å²) in [7, 11) is 0. The molecule has 2 heteroatoms. The van der Waals surface area contributed by atoms with Crippen LogP contribution in [0.15, 0.2) is 6.08 Å². The first-order chi connectivity index (χ1) is 3.31. The van der Waals surface area contributed by atoms with Crippen molar-refractivity contribution in [1.29, 1.82) is 0 Å². The van der Waals surface area contributed by atoms with Crippen molar-refractivity contribution in [2.45, 2.75) is 19.4 Å². The van der Waals surface area contributed by atoms with Gasteiger partial charge in [-0.2, -0.15) is 0 Å². The molecule has 0 amide bonds. The topological polar surface area (TPSA) is 43.1 Å². The van der Waals surface area contributed by atoms with E-state index in [1.54, 1.807) is 5.94 Å². The Morgan fingerprint density at radius 2 is 2.57 bits per heavy atom. The van der Waals surface area contributed by atoms with Gasteiger partial charge in [0.15, 0.2) is 0 Å². The molecule has 0 aromatic carbocycles. The molecule has 2 N–H and O–H groups in total. The van der Waals surface area contributed by atoms with E-state index in [1.807, 2.05) is 6.92 Å². The van der Waals surface area contributed by atoms with E-state index in [2.05, 4.69) is 0 Å². The first-order valence-corrected chi connectivity index (χ1v) is 2.27. The number of rotatable bonds is 2. The van der Waals surface area contributed by atoms with E-state index in [-0.39, 0.29) is 6.04 Å². The molecule has 0 rings (SSSR count). The zero-order valence-electron chi connectivity index (χ0n) is 4.35. The maximum absolute atomic E-state index is 9.51. The second-order valence-corrected chi connectivity index (χ2v) is 1.36. The van der Waals surface area contributed by atoms with Gasteiger partial charge in [-0.3, -0.25) is 0 Å². The quantitative estimate of drug-likeness (QED) is 0.499. The summed E-state index contributed by atoms with van der Waals surface area (Å²) in [5, 5.41) is 0. The fourth-order valence-electron chi connectivity index (χ4n) is 0.205. The third kappa shape index (κ3) is 3.23. The highest BCUT2D eigenvalue weighted by Crippen LogP contribution is 1.81. The molecule has 40 valence electrons. The number of nitrogens with two attached hydrogens (primary N) is 1. The Morgan fingerprint density at radius 1 is 2.00 bits per heavy atom. The highest BCUT2D eigenvalue weighted by molar-refractivity contribution is 5.46. The average Bonchev–Trinajstić information content (AvgIpc) is 1.68. The number of hydrogen-bond acceptors (Lipinski definition) is 2. The highest BCUT2D eigenvalue weighted by atomic mass is 16.1. The first-order valence-electron chi connectivity index (χ1n) is 2.27. The van der Waals surface area contributed by atoms with Crippen molar-refractivity contribution in [3.63, 3.8) is 0 Å². The molecular weight excluding hydrogens is 90.1 g/mol. The van der Waals surface area contributed by atoms with Gasteiger partial charge in [-0.1, -0.05) is 6.92 Å². The summed E-state index contributed by atoms with van der Waals surface area (Å²) in [6, 6.07) is -0.0995. The monoisotopic (exact) mass is 99.1 g/mol. The number of carbonyl (C=O) groups excluding carboxylic acids is 1. The smallest absolute Gasteiger partial charge is 0.121 e. The third-order valence-electron chi connectivity index (χ3n) is 0.754. The van der Waals surface area contributed by atoms with Crippen LogP contribution in [0.3, 0.4) is 0 Å². The number of hydrogen-bond donors (Lipinski definition) is 1. The fourth-order valence-corrected chi connectivity index (χ4v) is 0.205. The van der Waals surface area contributed by atoms with E-state index in [4.69, 9.17) is 5.73 Å². The molecule has 0 aliphatic carbocycles. The zero-order valence-corrected chi connectivity index (χ0v) is 4.35. The molecule has 0 aromatic heterocycles. The molecule has 1 atom stereocenters. The van der Waals surface area contributed by atoms with Gasteiger partial charge >= 0.3 is 0 Å². The normalized spacial score (nSPS) is 12.3. The van der Waals surface area contributed by atoms with E-state index in [0.29, 0.717) is 0 Å². The van der Waals surface area contributed by atoms with Crippen LogP contribution >= 0.6 is 0 Å². The third-order valence-corrected chi connectivity index (χ3v) is 0.754. The molecule has 0 fully saturated rings. The van der Waals surface area contributed by atoms with Crippen molar-refractivity contribution in [2.75, 3.05) is 0 Å². The van der Waals surface area contributed by atoms with Crippen molar-refractivity contribution < 1.29 is 4.79 Å². The van der Waals surface area contributed by atoms with Crippen LogP contribution in [0.25, 0.3) is 0 Å². The lowest BCUT2D eigenvalue weighted by atomic mass is 10.2. The molecule has 0 bridgehead atoms. The van der Waals surface area contributed by atoms with Gasteiger partial charge in [0, 0.05) is 12.1 Å². The minimum Gasteiger partial charge on any atom is -0.324 e. The molecule has 0 spiro atoms. The van der Waals surface area contributed by atoms with Gasteiger partial charge in [-0.15, -0.1) is 0 Å². The Balaban J connectivity index is 3.35. The summed E-state index contributed by atoms with van der Waals surface area (Å²) in [5.41, 5.74) is 5.27. The first kappa shape index (κ1) is 6.41. The van der Waals surface area contributed by atoms with Crippen molar-refractivity contribution in [3.8, 4) is 0 Å². The SMILES string of the molecule is CCC(N)C=C=O. The lowest BCUT2D eigenvalue weighted by molar-refractivity contribution is 0.567. The largest absolute Gasteiger partial charge is 0.324 e. The predicted octanol–water partition coefficient (Wildman–Crippen LogP) is 0.112. The van der Waals surface area contributed by atoms with E-state index in [0.717, 1.165) is 6.42 Å². The molecule has 0 saturated heterocycles. The lowest BCUT2D eigenvalue weighted by Gasteiger charge is -1.93. The maximum Gasteiger partial charge on any atom is 0.121 e. The Kier molecular flexibility index (Phi) is 3.29. The molecule has 0 aliphatic heterocycles. The van der Waals surface area contributed by atoms with E-state index >= 15 is 0 Å². The van der Waals surface area contributed by atoms with Crippen LogP contribution < -0.4 is 5.73 Å². The van der Waals surface area contributed by atoms with Crippen LogP contribution in [0.5, 0.6) is 0 Å². The fraction of sp³-hybridized carbons (Fsp3) is 0.600. The zero-order chi connectivity index (χ0) is 5.70. The molecule has 0 saturated carbocycles. The lowest BCUT2D eigenvalue weighted by Crippen LogP contribution is -2.14. The van der Waals surface area contributed by atoms with Gasteiger partial charge in [-0.25, -0.2) is 4.79 Å². The predicted molar refractivity (Wildman–Crippen MR) is 28.5 cm³/mol. The van der Waals surface area contributed by atoms with E-state index in [1.165, 1.54) is 6.08 Å².